The molecule has 0 aromatic heterocycles. The Morgan fingerprint density at radius 2 is 2.06 bits per heavy atom. The van der Waals surface area contributed by atoms with Crippen molar-refractivity contribution in [3.63, 3.8) is 0 Å². The number of amides is 1. The van der Waals surface area contributed by atoms with Crippen molar-refractivity contribution in [3.8, 4) is 11.5 Å². The fourth-order valence-corrected chi connectivity index (χ4v) is 4.85. The van der Waals surface area contributed by atoms with Crippen LogP contribution in [0.1, 0.15) is 36.2 Å². The summed E-state index contributed by atoms with van der Waals surface area (Å²) in [5.74, 6) is 0.133. The number of thioether (sulfide) groups is 1. The standard InChI is InChI=1S/C23H23IN2O5S/c1-4-9-31-20-17(24)10-14(11-18(20)30-3)12-19-21(27)26(5-2)23(32-19)25-16-8-6-7-15(13-16)22(28)29/h6-8,10-13H,4-5,9H2,1-3H3,(H,28,29)/b19-12+,25-23?. The maximum atomic E-state index is 13.0. The molecule has 32 heavy (non-hydrogen) atoms. The quantitative estimate of drug-likeness (QED) is 0.340. The molecule has 0 spiro atoms. The molecular weight excluding hydrogens is 543 g/mol. The van der Waals surface area contributed by atoms with Crippen LogP contribution in [0.25, 0.3) is 6.08 Å². The Labute approximate surface area is 204 Å². The summed E-state index contributed by atoms with van der Waals surface area (Å²) in [6.45, 7) is 4.95. The van der Waals surface area contributed by atoms with Crippen LogP contribution in [0.5, 0.6) is 11.5 Å². The minimum absolute atomic E-state index is 0.145. The van der Waals surface area contributed by atoms with E-state index in [0.717, 1.165) is 15.6 Å². The highest BCUT2D eigenvalue weighted by Gasteiger charge is 2.32. The molecule has 1 aliphatic heterocycles. The Morgan fingerprint density at radius 1 is 1.28 bits per heavy atom. The first-order valence-electron chi connectivity index (χ1n) is 10.0. The summed E-state index contributed by atoms with van der Waals surface area (Å²) in [6.07, 6.45) is 2.70. The van der Waals surface area contributed by atoms with Crippen LogP contribution in [0.4, 0.5) is 5.69 Å². The van der Waals surface area contributed by atoms with E-state index in [1.54, 1.807) is 30.2 Å². The Balaban J connectivity index is 1.94. The van der Waals surface area contributed by atoms with Gasteiger partial charge in [-0.05, 0) is 89.7 Å². The van der Waals surface area contributed by atoms with Crippen LogP contribution < -0.4 is 9.47 Å². The first-order valence-corrected chi connectivity index (χ1v) is 11.9. The number of carboxylic acid groups (broad SMARTS) is 1. The number of nitrogens with zero attached hydrogens (tertiary/aromatic N) is 2. The van der Waals surface area contributed by atoms with Crippen molar-refractivity contribution in [1.29, 1.82) is 0 Å². The number of hydrogen-bond acceptors (Lipinski definition) is 6. The number of carboxylic acids is 1. The van der Waals surface area contributed by atoms with Gasteiger partial charge in [0.1, 0.15) is 0 Å². The third kappa shape index (κ3) is 5.44. The van der Waals surface area contributed by atoms with Crippen LogP contribution in [0.2, 0.25) is 0 Å². The molecule has 1 aliphatic rings. The van der Waals surface area contributed by atoms with Gasteiger partial charge in [0, 0.05) is 6.54 Å². The van der Waals surface area contributed by atoms with Crippen molar-refractivity contribution in [2.45, 2.75) is 20.3 Å². The zero-order valence-corrected chi connectivity index (χ0v) is 20.9. The molecule has 1 N–H and O–H groups in total. The SMILES string of the molecule is CCCOc1c(I)cc(/C=C2/SC(=Nc3cccc(C(=O)O)c3)N(CC)C2=O)cc1OC. The minimum Gasteiger partial charge on any atom is -0.493 e. The number of amidine groups is 1. The van der Waals surface area contributed by atoms with Crippen molar-refractivity contribution in [2.75, 3.05) is 20.3 Å². The molecule has 0 bridgehead atoms. The molecule has 0 atom stereocenters. The smallest absolute Gasteiger partial charge is 0.335 e. The largest absolute Gasteiger partial charge is 0.493 e. The van der Waals surface area contributed by atoms with Gasteiger partial charge in [0.05, 0.1) is 33.4 Å². The molecule has 7 nitrogen and oxygen atoms in total. The average molecular weight is 566 g/mol. The van der Waals surface area contributed by atoms with Crippen LogP contribution >= 0.6 is 34.4 Å². The van der Waals surface area contributed by atoms with Gasteiger partial charge in [0.2, 0.25) is 0 Å². The van der Waals surface area contributed by atoms with E-state index >= 15 is 0 Å². The molecule has 3 rings (SSSR count). The van der Waals surface area contributed by atoms with E-state index in [1.807, 2.05) is 26.0 Å². The van der Waals surface area contributed by atoms with Crippen molar-refractivity contribution >= 4 is 63.2 Å². The van der Waals surface area contributed by atoms with Gasteiger partial charge in [-0.25, -0.2) is 9.79 Å². The highest BCUT2D eigenvalue weighted by molar-refractivity contribution is 14.1. The van der Waals surface area contributed by atoms with E-state index in [4.69, 9.17) is 9.47 Å². The fraction of sp³-hybridized carbons (Fsp3) is 0.261. The molecule has 168 valence electrons. The van der Waals surface area contributed by atoms with Gasteiger partial charge in [0.15, 0.2) is 16.7 Å². The van der Waals surface area contributed by atoms with Gasteiger partial charge >= 0.3 is 5.97 Å². The topological polar surface area (TPSA) is 88.4 Å². The highest BCUT2D eigenvalue weighted by Crippen LogP contribution is 2.38. The van der Waals surface area contributed by atoms with E-state index in [9.17, 15) is 14.7 Å². The fourth-order valence-electron chi connectivity index (χ4n) is 3.01. The van der Waals surface area contributed by atoms with Crippen LogP contribution in [0.15, 0.2) is 46.3 Å². The van der Waals surface area contributed by atoms with Crippen molar-refractivity contribution < 1.29 is 24.2 Å². The lowest BCUT2D eigenvalue weighted by molar-refractivity contribution is -0.122. The summed E-state index contributed by atoms with van der Waals surface area (Å²) in [5, 5.41) is 9.71. The zero-order valence-electron chi connectivity index (χ0n) is 17.9. The number of carbonyl (C=O) groups excluding carboxylic acids is 1. The Kier molecular flexibility index (Phi) is 8.19. The molecular formula is C23H23IN2O5S. The van der Waals surface area contributed by atoms with E-state index in [2.05, 4.69) is 27.6 Å². The molecule has 2 aromatic rings. The number of ether oxygens (including phenoxy) is 2. The van der Waals surface area contributed by atoms with Crippen molar-refractivity contribution in [3.05, 3.63) is 56.0 Å². The number of hydrogen-bond donors (Lipinski definition) is 1. The second-order valence-electron chi connectivity index (χ2n) is 6.79. The maximum Gasteiger partial charge on any atom is 0.335 e. The third-order valence-electron chi connectivity index (χ3n) is 4.52. The van der Waals surface area contributed by atoms with Gasteiger partial charge in [-0.3, -0.25) is 9.69 Å². The number of carbonyl (C=O) groups is 2. The average Bonchev–Trinajstić information content (AvgIpc) is 3.06. The highest BCUT2D eigenvalue weighted by atomic mass is 127. The second kappa shape index (κ2) is 10.9. The summed E-state index contributed by atoms with van der Waals surface area (Å²) < 4.78 is 12.2. The lowest BCUT2D eigenvalue weighted by atomic mass is 10.2. The first-order chi connectivity index (χ1) is 15.4. The second-order valence-corrected chi connectivity index (χ2v) is 8.96. The number of methoxy groups -OCH3 is 1. The maximum absolute atomic E-state index is 13.0. The molecule has 0 unspecified atom stereocenters. The predicted molar refractivity (Wildman–Crippen MR) is 135 cm³/mol. The van der Waals surface area contributed by atoms with E-state index in [-0.39, 0.29) is 11.5 Å². The number of benzene rings is 2. The van der Waals surface area contributed by atoms with Gasteiger partial charge < -0.3 is 14.6 Å². The summed E-state index contributed by atoms with van der Waals surface area (Å²) in [6, 6.07) is 10.1. The molecule has 0 aliphatic carbocycles. The number of rotatable bonds is 8. The summed E-state index contributed by atoms with van der Waals surface area (Å²) in [4.78, 5) is 30.8. The number of halogens is 1. The molecule has 1 amide bonds. The van der Waals surface area contributed by atoms with Crippen molar-refractivity contribution in [2.24, 2.45) is 4.99 Å². The van der Waals surface area contributed by atoms with Gasteiger partial charge in [-0.2, -0.15) is 0 Å². The van der Waals surface area contributed by atoms with Gasteiger partial charge in [0.25, 0.3) is 5.91 Å². The molecule has 1 fully saturated rings. The van der Waals surface area contributed by atoms with E-state index in [0.29, 0.717) is 40.4 Å². The monoisotopic (exact) mass is 566 g/mol. The molecule has 9 heteroatoms. The van der Waals surface area contributed by atoms with Gasteiger partial charge in [-0.15, -0.1) is 0 Å². The van der Waals surface area contributed by atoms with E-state index < -0.39 is 5.97 Å². The molecule has 0 radical (unpaired) electrons. The Bertz CT molecular complexity index is 1100. The number of aromatic carboxylic acids is 1. The number of likely N-dealkylation sites (N-methyl/N-ethyl adjacent to an activating group) is 1. The Morgan fingerprint density at radius 3 is 2.72 bits per heavy atom. The normalized spacial score (nSPS) is 16.1. The molecule has 1 heterocycles. The minimum atomic E-state index is -1.02. The van der Waals surface area contributed by atoms with Crippen LogP contribution in [0.3, 0.4) is 0 Å². The van der Waals surface area contributed by atoms with E-state index in [1.165, 1.54) is 23.9 Å². The lowest BCUT2D eigenvalue weighted by Gasteiger charge is -2.13. The zero-order chi connectivity index (χ0) is 23.3. The van der Waals surface area contributed by atoms with Crippen LogP contribution in [0, 0.1) is 3.57 Å². The summed E-state index contributed by atoms with van der Waals surface area (Å²) in [5.41, 5.74) is 1.44. The molecule has 2 aromatic carbocycles. The predicted octanol–water partition coefficient (Wildman–Crippen LogP) is 5.41. The lowest BCUT2D eigenvalue weighted by Crippen LogP contribution is -2.28. The van der Waals surface area contributed by atoms with Gasteiger partial charge in [-0.1, -0.05) is 13.0 Å². The summed E-state index contributed by atoms with van der Waals surface area (Å²) >= 11 is 3.46. The molecule has 0 saturated carbocycles. The first kappa shape index (κ1) is 24.1. The van der Waals surface area contributed by atoms with Crippen LogP contribution in [-0.4, -0.2) is 47.3 Å². The third-order valence-corrected chi connectivity index (χ3v) is 6.33. The molecule has 1 saturated heterocycles. The Hall–Kier alpha value is -2.53. The van der Waals surface area contributed by atoms with Crippen LogP contribution in [-0.2, 0) is 4.79 Å². The summed E-state index contributed by atoms with van der Waals surface area (Å²) in [7, 11) is 1.59. The number of aliphatic imine (C=N–C) groups is 1. The van der Waals surface area contributed by atoms with Crippen molar-refractivity contribution in [1.82, 2.24) is 4.90 Å².